The average Bonchev–Trinajstić information content (AvgIpc) is 2.67. The topological polar surface area (TPSA) is 88.6 Å². The van der Waals surface area contributed by atoms with Crippen LogP contribution in [0.5, 0.6) is 5.88 Å². The van der Waals surface area contributed by atoms with E-state index >= 15 is 0 Å². The number of carbonyl (C=O) groups is 1. The van der Waals surface area contributed by atoms with Crippen molar-refractivity contribution >= 4 is 27.5 Å². The highest BCUT2D eigenvalue weighted by molar-refractivity contribution is 7.89. The zero-order valence-corrected chi connectivity index (χ0v) is 17.0. The number of halogens is 1. The number of ether oxygens (including phenoxy) is 1. The summed E-state index contributed by atoms with van der Waals surface area (Å²) < 4.78 is 31.9. The summed E-state index contributed by atoms with van der Waals surface area (Å²) in [5.74, 6) is -0.00715. The van der Waals surface area contributed by atoms with Gasteiger partial charge in [0.2, 0.25) is 15.9 Å². The van der Waals surface area contributed by atoms with Gasteiger partial charge in [0, 0.05) is 37.0 Å². The number of hydrogen-bond acceptors (Lipinski definition) is 5. The Bertz CT molecular complexity index is 915. The molecule has 0 saturated heterocycles. The minimum Gasteiger partial charge on any atom is -0.481 e. The van der Waals surface area contributed by atoms with E-state index < -0.39 is 15.9 Å². The van der Waals surface area contributed by atoms with Crippen molar-refractivity contribution in [2.75, 3.05) is 20.2 Å². The van der Waals surface area contributed by atoms with Gasteiger partial charge in [-0.1, -0.05) is 31.5 Å². The molecule has 0 saturated carbocycles. The van der Waals surface area contributed by atoms with E-state index in [9.17, 15) is 13.2 Å². The van der Waals surface area contributed by atoms with Crippen molar-refractivity contribution in [3.63, 3.8) is 0 Å². The largest absolute Gasteiger partial charge is 0.481 e. The summed E-state index contributed by atoms with van der Waals surface area (Å²) in [6.07, 6.45) is 1.59. The van der Waals surface area contributed by atoms with E-state index in [0.29, 0.717) is 24.5 Å². The van der Waals surface area contributed by atoms with Crippen LogP contribution in [0.3, 0.4) is 0 Å². The van der Waals surface area contributed by atoms with Gasteiger partial charge in [0.05, 0.1) is 12.1 Å². The molecule has 0 spiro atoms. The average molecular weight is 412 g/mol. The van der Waals surface area contributed by atoms with E-state index in [2.05, 4.69) is 10.3 Å². The van der Waals surface area contributed by atoms with Crippen LogP contribution in [0.2, 0.25) is 5.02 Å². The van der Waals surface area contributed by atoms with Gasteiger partial charge in [-0.2, -0.15) is 4.31 Å². The molecule has 1 heterocycles. The normalized spacial score (nSPS) is 11.4. The second-order valence-electron chi connectivity index (χ2n) is 5.59. The molecule has 0 fully saturated rings. The summed E-state index contributed by atoms with van der Waals surface area (Å²) in [6.45, 7) is 4.30. The standard InChI is InChI=1S/C18H22ClN3O4S/c1-4-22(5-2)27(24,25)16-11-13(8-9-15(16)19)17(23)21-12-14-7-6-10-20-18(14)26-3/h6-11H,4-5,12H2,1-3H3,(H,21,23). The number of amides is 1. The van der Waals surface area contributed by atoms with Crippen molar-refractivity contribution < 1.29 is 17.9 Å². The number of hydrogen-bond donors (Lipinski definition) is 1. The minimum atomic E-state index is -3.77. The number of methoxy groups -OCH3 is 1. The molecule has 7 nitrogen and oxygen atoms in total. The highest BCUT2D eigenvalue weighted by Crippen LogP contribution is 2.26. The zero-order chi connectivity index (χ0) is 20.0. The number of nitrogens with one attached hydrogen (secondary N) is 1. The maximum atomic E-state index is 12.7. The van der Waals surface area contributed by atoms with Gasteiger partial charge in [0.25, 0.3) is 5.91 Å². The van der Waals surface area contributed by atoms with Gasteiger partial charge in [0.1, 0.15) is 4.90 Å². The Morgan fingerprint density at radius 2 is 1.96 bits per heavy atom. The highest BCUT2D eigenvalue weighted by atomic mass is 35.5. The number of benzene rings is 1. The molecule has 0 bridgehead atoms. The van der Waals surface area contributed by atoms with E-state index in [1.54, 1.807) is 32.2 Å². The Hall–Kier alpha value is -2.16. The summed E-state index contributed by atoms with van der Waals surface area (Å²) >= 11 is 6.09. The van der Waals surface area contributed by atoms with Crippen LogP contribution < -0.4 is 10.1 Å². The molecule has 0 aliphatic carbocycles. The second-order valence-corrected chi connectivity index (χ2v) is 7.90. The van der Waals surface area contributed by atoms with Gasteiger partial charge in [-0.3, -0.25) is 4.79 Å². The quantitative estimate of drug-likeness (QED) is 0.721. The first-order valence-corrected chi connectivity index (χ1v) is 10.2. The molecular weight excluding hydrogens is 390 g/mol. The van der Waals surface area contributed by atoms with Crippen LogP contribution in [-0.4, -0.2) is 43.8 Å². The highest BCUT2D eigenvalue weighted by Gasteiger charge is 2.25. The van der Waals surface area contributed by atoms with Crippen LogP contribution in [0.15, 0.2) is 41.4 Å². The van der Waals surface area contributed by atoms with Crippen molar-refractivity contribution in [1.29, 1.82) is 0 Å². The lowest BCUT2D eigenvalue weighted by molar-refractivity contribution is 0.0950. The van der Waals surface area contributed by atoms with Crippen molar-refractivity contribution in [3.05, 3.63) is 52.7 Å². The first-order valence-electron chi connectivity index (χ1n) is 8.40. The van der Waals surface area contributed by atoms with Crippen molar-refractivity contribution in [1.82, 2.24) is 14.6 Å². The molecule has 0 aliphatic rings. The molecule has 146 valence electrons. The molecule has 2 aromatic rings. The number of rotatable bonds is 8. The first kappa shape index (κ1) is 21.1. The molecule has 1 N–H and O–H groups in total. The number of pyridine rings is 1. The number of carbonyl (C=O) groups excluding carboxylic acids is 1. The monoisotopic (exact) mass is 411 g/mol. The lowest BCUT2D eigenvalue weighted by Gasteiger charge is -2.19. The van der Waals surface area contributed by atoms with E-state index in [4.69, 9.17) is 16.3 Å². The lowest BCUT2D eigenvalue weighted by Crippen LogP contribution is -2.31. The summed E-state index contributed by atoms with van der Waals surface area (Å²) in [7, 11) is -2.28. The molecule has 1 aromatic heterocycles. The van der Waals surface area contributed by atoms with Crippen LogP contribution in [0.1, 0.15) is 29.8 Å². The van der Waals surface area contributed by atoms with Gasteiger partial charge in [-0.15, -0.1) is 0 Å². The third-order valence-corrected chi connectivity index (χ3v) is 6.53. The maximum Gasteiger partial charge on any atom is 0.251 e. The molecule has 27 heavy (non-hydrogen) atoms. The van der Waals surface area contributed by atoms with E-state index in [-0.39, 0.29) is 22.0 Å². The molecular formula is C18H22ClN3O4S. The first-order chi connectivity index (χ1) is 12.8. The fourth-order valence-electron chi connectivity index (χ4n) is 2.56. The van der Waals surface area contributed by atoms with Gasteiger partial charge in [0.15, 0.2) is 0 Å². The Kier molecular flexibility index (Phi) is 7.18. The molecule has 0 radical (unpaired) electrons. The minimum absolute atomic E-state index is 0.0763. The number of nitrogens with zero attached hydrogens (tertiary/aromatic N) is 2. The van der Waals surface area contributed by atoms with Crippen LogP contribution in [-0.2, 0) is 16.6 Å². The summed E-state index contributed by atoms with van der Waals surface area (Å²) in [6, 6.07) is 7.72. The van der Waals surface area contributed by atoms with Gasteiger partial charge in [-0.25, -0.2) is 13.4 Å². The van der Waals surface area contributed by atoms with Gasteiger partial charge >= 0.3 is 0 Å². The molecule has 2 rings (SSSR count). The third kappa shape index (κ3) is 4.77. The molecule has 0 atom stereocenters. The molecule has 1 aromatic carbocycles. The second kappa shape index (κ2) is 9.16. The Morgan fingerprint density at radius 3 is 2.59 bits per heavy atom. The number of aromatic nitrogens is 1. The maximum absolute atomic E-state index is 12.7. The summed E-state index contributed by atoms with van der Waals surface area (Å²) in [4.78, 5) is 16.5. The Labute approximate surface area is 164 Å². The lowest BCUT2D eigenvalue weighted by atomic mass is 10.2. The predicted molar refractivity (Wildman–Crippen MR) is 104 cm³/mol. The van der Waals surface area contributed by atoms with Crippen LogP contribution in [0.25, 0.3) is 0 Å². The summed E-state index contributed by atoms with van der Waals surface area (Å²) in [5.41, 5.74) is 0.909. The van der Waals surface area contributed by atoms with Gasteiger partial charge in [-0.05, 0) is 24.3 Å². The molecule has 1 amide bonds. The third-order valence-electron chi connectivity index (χ3n) is 4.00. The Morgan fingerprint density at radius 1 is 1.26 bits per heavy atom. The smallest absolute Gasteiger partial charge is 0.251 e. The molecule has 9 heteroatoms. The van der Waals surface area contributed by atoms with Crippen molar-refractivity contribution in [3.8, 4) is 5.88 Å². The Balaban J connectivity index is 2.25. The van der Waals surface area contributed by atoms with Crippen LogP contribution >= 0.6 is 11.6 Å². The van der Waals surface area contributed by atoms with E-state index in [1.165, 1.54) is 29.6 Å². The number of sulfonamides is 1. The summed E-state index contributed by atoms with van der Waals surface area (Å²) in [5, 5.41) is 2.81. The van der Waals surface area contributed by atoms with E-state index in [1.807, 2.05) is 0 Å². The van der Waals surface area contributed by atoms with Crippen molar-refractivity contribution in [2.24, 2.45) is 0 Å². The fourth-order valence-corrected chi connectivity index (χ4v) is 4.52. The van der Waals surface area contributed by atoms with Crippen LogP contribution in [0.4, 0.5) is 0 Å². The van der Waals surface area contributed by atoms with E-state index in [0.717, 1.165) is 0 Å². The molecule has 0 aliphatic heterocycles. The SMILES string of the molecule is CCN(CC)S(=O)(=O)c1cc(C(=O)NCc2cccnc2OC)ccc1Cl. The molecule has 0 unspecified atom stereocenters. The zero-order valence-electron chi connectivity index (χ0n) is 15.4. The van der Waals surface area contributed by atoms with Crippen molar-refractivity contribution in [2.45, 2.75) is 25.3 Å². The van der Waals surface area contributed by atoms with Crippen LogP contribution in [0, 0.1) is 0 Å². The van der Waals surface area contributed by atoms with Gasteiger partial charge < -0.3 is 10.1 Å². The fraction of sp³-hybridized carbons (Fsp3) is 0.333. The predicted octanol–water partition coefficient (Wildman–Crippen LogP) is 2.70.